The largest absolute Gasteiger partial charge is 0.454 e. The van der Waals surface area contributed by atoms with E-state index in [1.165, 1.54) is 0 Å². The molecule has 0 atom stereocenters. The van der Waals surface area contributed by atoms with Gasteiger partial charge in [0, 0.05) is 17.7 Å². The van der Waals surface area contributed by atoms with Crippen molar-refractivity contribution in [2.24, 2.45) is 0 Å². The number of aromatic nitrogens is 3. The second kappa shape index (κ2) is 4.05. The smallest absolute Gasteiger partial charge is 0.153 e. The van der Waals surface area contributed by atoms with Crippen molar-refractivity contribution in [2.75, 3.05) is 0 Å². The lowest BCUT2D eigenvalue weighted by molar-refractivity contribution is 0.632. The van der Waals surface area contributed by atoms with Gasteiger partial charge >= 0.3 is 0 Å². The Morgan fingerprint density at radius 3 is 2.75 bits per heavy atom. The van der Waals surface area contributed by atoms with Gasteiger partial charge in [-0.15, -0.1) is 0 Å². The predicted octanol–water partition coefficient (Wildman–Crippen LogP) is 4.11. The summed E-state index contributed by atoms with van der Waals surface area (Å²) in [4.78, 5) is 0. The number of nitrogens with zero attached hydrogens (tertiary/aromatic N) is 2. The van der Waals surface area contributed by atoms with Crippen LogP contribution in [0, 0.1) is 11.6 Å². The lowest BCUT2D eigenvalue weighted by Crippen LogP contribution is -1.97. The fraction of sp³-hybridized carbons (Fsp3) is 0.0667. The number of aromatic amines is 1. The number of furan rings is 1. The summed E-state index contributed by atoms with van der Waals surface area (Å²) in [5.74, 6) is 1.70. The Morgan fingerprint density at radius 2 is 1.95 bits per heavy atom. The second-order valence-corrected chi connectivity index (χ2v) is 5.10. The van der Waals surface area contributed by atoms with Crippen LogP contribution < -0.4 is 0 Å². The van der Waals surface area contributed by atoms with Crippen molar-refractivity contribution in [3.8, 4) is 11.3 Å². The van der Waals surface area contributed by atoms with Crippen molar-refractivity contribution >= 4 is 28.8 Å². The summed E-state index contributed by atoms with van der Waals surface area (Å²) in [6, 6.07) is 14.0. The van der Waals surface area contributed by atoms with E-state index in [1.807, 2.05) is 53.8 Å². The number of benzene rings is 1. The van der Waals surface area contributed by atoms with Gasteiger partial charge in [0.05, 0.1) is 11.0 Å². The van der Waals surface area contributed by atoms with Crippen molar-refractivity contribution in [1.29, 1.82) is 0 Å². The van der Waals surface area contributed by atoms with E-state index in [0.29, 0.717) is 4.64 Å². The normalized spacial score (nSPS) is 11.4. The molecule has 0 aliphatic rings. The van der Waals surface area contributed by atoms with Crippen LogP contribution in [0.5, 0.6) is 0 Å². The van der Waals surface area contributed by atoms with Crippen molar-refractivity contribution < 1.29 is 4.42 Å². The molecule has 0 spiro atoms. The quantitative estimate of drug-likeness (QED) is 0.534. The Bertz CT molecular complexity index is 979. The first-order valence-electron chi connectivity index (χ1n) is 6.30. The lowest BCUT2D eigenvalue weighted by Gasteiger charge is -1.99. The molecular formula is C15H11N3OS. The maximum atomic E-state index is 5.94. The van der Waals surface area contributed by atoms with Gasteiger partial charge in [-0.25, -0.2) is 0 Å². The summed E-state index contributed by atoms with van der Waals surface area (Å²) >= 11 is 5.27. The molecular weight excluding hydrogens is 270 g/mol. The van der Waals surface area contributed by atoms with E-state index in [4.69, 9.17) is 16.6 Å². The molecule has 0 aliphatic carbocycles. The first kappa shape index (κ1) is 11.4. The zero-order valence-corrected chi connectivity index (χ0v) is 11.6. The molecule has 0 amide bonds. The fourth-order valence-electron chi connectivity index (χ4n) is 2.49. The fourth-order valence-corrected chi connectivity index (χ4v) is 2.69. The van der Waals surface area contributed by atoms with Crippen molar-refractivity contribution in [2.45, 2.75) is 6.92 Å². The van der Waals surface area contributed by atoms with Gasteiger partial charge in [0.1, 0.15) is 16.2 Å². The molecule has 4 rings (SSSR count). The average Bonchev–Trinajstić information content (AvgIpc) is 3.02. The molecule has 3 aromatic heterocycles. The highest BCUT2D eigenvalue weighted by Crippen LogP contribution is 2.30. The first-order valence-corrected chi connectivity index (χ1v) is 6.70. The van der Waals surface area contributed by atoms with Crippen LogP contribution in [0.15, 0.2) is 46.9 Å². The van der Waals surface area contributed by atoms with E-state index in [1.54, 1.807) is 0 Å². The summed E-state index contributed by atoms with van der Waals surface area (Å²) in [6.45, 7) is 1.94. The number of hydrogen-bond donors (Lipinski definition) is 1. The van der Waals surface area contributed by atoms with E-state index in [9.17, 15) is 0 Å². The Hall–Kier alpha value is -2.40. The van der Waals surface area contributed by atoms with Gasteiger partial charge in [0.15, 0.2) is 5.58 Å². The van der Waals surface area contributed by atoms with E-state index in [-0.39, 0.29) is 0 Å². The number of fused-ring (bicyclic) bond motifs is 3. The second-order valence-electron chi connectivity index (χ2n) is 4.69. The van der Waals surface area contributed by atoms with Crippen LogP contribution in [-0.2, 0) is 0 Å². The van der Waals surface area contributed by atoms with Crippen LogP contribution in [0.1, 0.15) is 5.82 Å². The van der Waals surface area contributed by atoms with Gasteiger partial charge in [0.2, 0.25) is 0 Å². The average molecular weight is 281 g/mol. The summed E-state index contributed by atoms with van der Waals surface area (Å²) in [6.07, 6.45) is 0. The van der Waals surface area contributed by atoms with Crippen LogP contribution in [0.3, 0.4) is 0 Å². The minimum absolute atomic E-state index is 0.614. The molecule has 4 aromatic rings. The van der Waals surface area contributed by atoms with Gasteiger partial charge in [-0.05, 0) is 6.92 Å². The molecule has 5 heteroatoms. The molecule has 1 N–H and O–H groups in total. The summed E-state index contributed by atoms with van der Waals surface area (Å²) in [5.41, 5.74) is 3.79. The van der Waals surface area contributed by atoms with Crippen molar-refractivity contribution in [3.05, 3.63) is 52.9 Å². The third-order valence-corrected chi connectivity index (χ3v) is 3.72. The maximum Gasteiger partial charge on any atom is 0.153 e. The SMILES string of the molecule is Cc1n[nH]c(=S)c2cc3oc(-c4ccccc4)cc3n12. The summed E-state index contributed by atoms with van der Waals surface area (Å²) < 4.78 is 8.57. The van der Waals surface area contributed by atoms with E-state index >= 15 is 0 Å². The predicted molar refractivity (Wildman–Crippen MR) is 80.3 cm³/mol. The van der Waals surface area contributed by atoms with Crippen molar-refractivity contribution in [1.82, 2.24) is 14.6 Å². The molecule has 20 heavy (non-hydrogen) atoms. The third-order valence-electron chi connectivity index (χ3n) is 3.42. The molecule has 0 bridgehead atoms. The van der Waals surface area contributed by atoms with Gasteiger partial charge in [0.25, 0.3) is 0 Å². The van der Waals surface area contributed by atoms with Crippen LogP contribution in [-0.4, -0.2) is 14.6 Å². The van der Waals surface area contributed by atoms with Crippen molar-refractivity contribution in [3.63, 3.8) is 0 Å². The Morgan fingerprint density at radius 1 is 1.15 bits per heavy atom. The highest BCUT2D eigenvalue weighted by atomic mass is 32.1. The lowest BCUT2D eigenvalue weighted by atomic mass is 10.2. The van der Waals surface area contributed by atoms with Crippen LogP contribution >= 0.6 is 12.2 Å². The molecule has 0 radical (unpaired) electrons. The number of rotatable bonds is 1. The topological polar surface area (TPSA) is 46.2 Å². The number of H-pyrrole nitrogens is 1. The zero-order valence-electron chi connectivity index (χ0n) is 10.8. The maximum absolute atomic E-state index is 5.94. The van der Waals surface area contributed by atoms with Gasteiger partial charge in [-0.3, -0.25) is 9.50 Å². The molecule has 0 saturated carbocycles. The summed E-state index contributed by atoms with van der Waals surface area (Å²) in [7, 11) is 0. The zero-order chi connectivity index (χ0) is 13.7. The van der Waals surface area contributed by atoms with Crippen LogP contribution in [0.4, 0.5) is 0 Å². The van der Waals surface area contributed by atoms with Gasteiger partial charge < -0.3 is 4.42 Å². The van der Waals surface area contributed by atoms with Crippen LogP contribution in [0.25, 0.3) is 27.9 Å². The van der Waals surface area contributed by atoms with Gasteiger partial charge in [-0.1, -0.05) is 42.5 Å². The molecule has 3 heterocycles. The monoisotopic (exact) mass is 281 g/mol. The van der Waals surface area contributed by atoms with E-state index < -0.39 is 0 Å². The standard InChI is InChI=1S/C15H11N3OS/c1-9-16-17-15(20)12-8-14-11(18(9)12)7-13(19-14)10-5-3-2-4-6-10/h2-8H,1H3,(H,17,20). The van der Waals surface area contributed by atoms with E-state index in [2.05, 4.69) is 10.2 Å². The molecule has 0 aliphatic heterocycles. The molecule has 0 fully saturated rings. The number of aryl methyl sites for hydroxylation is 1. The molecule has 0 unspecified atom stereocenters. The number of hydrogen-bond acceptors (Lipinski definition) is 3. The minimum atomic E-state index is 0.614. The number of nitrogens with one attached hydrogen (secondary N) is 1. The molecule has 1 aromatic carbocycles. The third kappa shape index (κ3) is 1.53. The Labute approximate surface area is 119 Å². The molecule has 4 nitrogen and oxygen atoms in total. The molecule has 0 saturated heterocycles. The highest BCUT2D eigenvalue weighted by molar-refractivity contribution is 7.71. The van der Waals surface area contributed by atoms with Crippen LogP contribution in [0.2, 0.25) is 0 Å². The highest BCUT2D eigenvalue weighted by Gasteiger charge is 2.13. The summed E-state index contributed by atoms with van der Waals surface area (Å²) in [5, 5.41) is 7.05. The Kier molecular flexibility index (Phi) is 2.31. The van der Waals surface area contributed by atoms with E-state index in [0.717, 1.165) is 33.8 Å². The van der Waals surface area contributed by atoms with Gasteiger partial charge in [-0.2, -0.15) is 5.10 Å². The first-order chi connectivity index (χ1) is 9.74. The Balaban J connectivity index is 2.07. The minimum Gasteiger partial charge on any atom is -0.454 e. The molecule has 98 valence electrons.